The molecule has 0 radical (unpaired) electrons. The second-order valence-corrected chi connectivity index (χ2v) is 5.01. The van der Waals surface area contributed by atoms with Gasteiger partial charge in [-0.15, -0.1) is 0 Å². The lowest BCUT2D eigenvalue weighted by Crippen LogP contribution is -2.38. The highest BCUT2D eigenvalue weighted by molar-refractivity contribution is 5.46. The molecule has 18 heavy (non-hydrogen) atoms. The summed E-state index contributed by atoms with van der Waals surface area (Å²) in [4.78, 5) is 16.0. The molecule has 0 spiro atoms. The minimum absolute atomic E-state index is 0.00220. The Bertz CT molecular complexity index is 403. The summed E-state index contributed by atoms with van der Waals surface area (Å²) < 4.78 is 0. The summed E-state index contributed by atoms with van der Waals surface area (Å²) in [6.45, 7) is 8.41. The molecule has 1 aromatic heterocycles. The number of aromatic nitrogens is 1. The molecule has 1 aromatic rings. The van der Waals surface area contributed by atoms with Gasteiger partial charge in [0.05, 0.1) is 5.69 Å². The van der Waals surface area contributed by atoms with E-state index in [9.17, 15) is 10.1 Å². The molecule has 0 unspecified atom stereocenters. The Morgan fingerprint density at radius 1 is 1.50 bits per heavy atom. The highest BCUT2D eigenvalue weighted by Crippen LogP contribution is 2.21. The first-order valence-corrected chi connectivity index (χ1v) is 5.95. The van der Waals surface area contributed by atoms with Crippen LogP contribution in [0.2, 0.25) is 0 Å². The van der Waals surface area contributed by atoms with Crippen molar-refractivity contribution in [2.45, 2.75) is 20.8 Å². The Kier molecular flexibility index (Phi) is 4.61. The van der Waals surface area contributed by atoms with Crippen LogP contribution < -0.4 is 10.6 Å². The van der Waals surface area contributed by atoms with Crippen molar-refractivity contribution in [1.82, 2.24) is 4.98 Å². The van der Waals surface area contributed by atoms with E-state index in [0.29, 0.717) is 6.54 Å². The second kappa shape index (κ2) is 5.77. The van der Waals surface area contributed by atoms with Crippen molar-refractivity contribution >= 4 is 11.5 Å². The van der Waals surface area contributed by atoms with Crippen molar-refractivity contribution in [2.75, 3.05) is 24.5 Å². The van der Waals surface area contributed by atoms with Gasteiger partial charge in [-0.3, -0.25) is 0 Å². The fraction of sp³-hybridized carbons (Fsp3) is 0.583. The average molecular weight is 252 g/mol. The molecule has 0 bridgehead atoms. The SMILES string of the molecule is CCN(CC(C)(C)CN)c1ccc([N+](=O)[O-])nc1. The van der Waals surface area contributed by atoms with Gasteiger partial charge in [-0.25, -0.2) is 0 Å². The standard InChI is InChI=1S/C12H20N4O2/c1-4-15(9-12(2,3)8-13)10-5-6-11(14-7-10)16(17)18/h5-7H,4,8-9,13H2,1-3H3. The predicted octanol–water partition coefficient (Wildman–Crippen LogP) is 1.80. The highest BCUT2D eigenvalue weighted by atomic mass is 16.6. The number of nitrogens with two attached hydrogens (primary N) is 1. The van der Waals surface area contributed by atoms with E-state index in [-0.39, 0.29) is 11.2 Å². The van der Waals surface area contributed by atoms with Gasteiger partial charge in [0.2, 0.25) is 0 Å². The number of hydrogen-bond donors (Lipinski definition) is 1. The third-order valence-electron chi connectivity index (χ3n) is 2.84. The van der Waals surface area contributed by atoms with E-state index in [1.54, 1.807) is 6.07 Å². The zero-order valence-electron chi connectivity index (χ0n) is 11.1. The molecular weight excluding hydrogens is 232 g/mol. The smallest absolute Gasteiger partial charge is 0.363 e. The van der Waals surface area contributed by atoms with Gasteiger partial charge in [-0.2, -0.15) is 0 Å². The fourth-order valence-corrected chi connectivity index (χ4v) is 1.64. The maximum atomic E-state index is 10.5. The van der Waals surface area contributed by atoms with Crippen LogP contribution in [0.15, 0.2) is 18.3 Å². The third-order valence-corrected chi connectivity index (χ3v) is 2.84. The van der Waals surface area contributed by atoms with Gasteiger partial charge in [-0.1, -0.05) is 13.8 Å². The molecule has 0 fully saturated rings. The fourth-order valence-electron chi connectivity index (χ4n) is 1.64. The molecular formula is C12H20N4O2. The number of anilines is 1. The summed E-state index contributed by atoms with van der Waals surface area (Å²) in [6, 6.07) is 3.15. The van der Waals surface area contributed by atoms with Crippen molar-refractivity contribution in [1.29, 1.82) is 0 Å². The van der Waals surface area contributed by atoms with E-state index in [0.717, 1.165) is 18.8 Å². The van der Waals surface area contributed by atoms with Crippen LogP contribution in [-0.4, -0.2) is 29.5 Å². The predicted molar refractivity (Wildman–Crippen MR) is 71.6 cm³/mol. The van der Waals surface area contributed by atoms with Crippen LogP contribution in [0.25, 0.3) is 0 Å². The van der Waals surface area contributed by atoms with Gasteiger partial charge in [-0.05, 0) is 34.9 Å². The maximum Gasteiger partial charge on any atom is 0.363 e. The first kappa shape index (κ1) is 14.4. The second-order valence-electron chi connectivity index (χ2n) is 5.01. The lowest BCUT2D eigenvalue weighted by atomic mass is 9.93. The quantitative estimate of drug-likeness (QED) is 0.616. The molecule has 6 heteroatoms. The average Bonchev–Trinajstić information content (AvgIpc) is 2.36. The number of pyridine rings is 1. The van der Waals surface area contributed by atoms with Crippen LogP contribution in [0.3, 0.4) is 0 Å². The van der Waals surface area contributed by atoms with Gasteiger partial charge in [0.25, 0.3) is 0 Å². The van der Waals surface area contributed by atoms with Gasteiger partial charge < -0.3 is 20.7 Å². The van der Waals surface area contributed by atoms with Crippen LogP contribution in [-0.2, 0) is 0 Å². The largest absolute Gasteiger partial charge is 0.368 e. The number of hydrogen-bond acceptors (Lipinski definition) is 5. The summed E-state index contributed by atoms with van der Waals surface area (Å²) in [5.74, 6) is -0.132. The van der Waals surface area contributed by atoms with Gasteiger partial charge in [0, 0.05) is 19.2 Å². The normalized spacial score (nSPS) is 11.3. The van der Waals surface area contributed by atoms with Crippen molar-refractivity contribution in [3.05, 3.63) is 28.4 Å². The highest BCUT2D eigenvalue weighted by Gasteiger charge is 2.20. The van der Waals surface area contributed by atoms with Gasteiger partial charge in [0.1, 0.15) is 0 Å². The van der Waals surface area contributed by atoms with E-state index >= 15 is 0 Å². The minimum atomic E-state index is -0.496. The molecule has 0 aliphatic carbocycles. The van der Waals surface area contributed by atoms with E-state index in [1.807, 2.05) is 6.92 Å². The lowest BCUT2D eigenvalue weighted by Gasteiger charge is -2.31. The number of rotatable bonds is 6. The molecule has 0 aliphatic heterocycles. The first-order chi connectivity index (χ1) is 8.39. The molecule has 1 rings (SSSR count). The van der Waals surface area contributed by atoms with Crippen LogP contribution in [0.1, 0.15) is 20.8 Å². The Morgan fingerprint density at radius 2 is 2.17 bits per heavy atom. The zero-order valence-corrected chi connectivity index (χ0v) is 11.1. The molecule has 2 N–H and O–H groups in total. The zero-order chi connectivity index (χ0) is 13.8. The maximum absolute atomic E-state index is 10.5. The Balaban J connectivity index is 2.86. The lowest BCUT2D eigenvalue weighted by molar-refractivity contribution is -0.389. The summed E-state index contributed by atoms with van der Waals surface area (Å²) in [5.41, 5.74) is 6.60. The topological polar surface area (TPSA) is 85.3 Å². The Labute approximate surface area is 107 Å². The molecule has 100 valence electrons. The van der Waals surface area contributed by atoms with Crippen LogP contribution in [0.5, 0.6) is 0 Å². The first-order valence-electron chi connectivity index (χ1n) is 5.95. The summed E-state index contributed by atoms with van der Waals surface area (Å²) in [5, 5.41) is 10.5. The van der Waals surface area contributed by atoms with Crippen molar-refractivity contribution < 1.29 is 4.92 Å². The summed E-state index contributed by atoms with van der Waals surface area (Å²) >= 11 is 0. The number of nitro groups is 1. The molecule has 0 aliphatic rings. The molecule has 0 saturated heterocycles. The molecule has 0 amide bonds. The van der Waals surface area contributed by atoms with E-state index in [4.69, 9.17) is 5.73 Å². The molecule has 0 aromatic carbocycles. The van der Waals surface area contributed by atoms with Crippen LogP contribution >= 0.6 is 0 Å². The van der Waals surface area contributed by atoms with Gasteiger partial charge in [0.15, 0.2) is 6.20 Å². The Hall–Kier alpha value is -1.69. The summed E-state index contributed by atoms with van der Waals surface area (Å²) in [6.07, 6.45) is 1.54. The Morgan fingerprint density at radius 3 is 2.56 bits per heavy atom. The van der Waals surface area contributed by atoms with E-state index in [1.165, 1.54) is 12.3 Å². The minimum Gasteiger partial charge on any atom is -0.368 e. The van der Waals surface area contributed by atoms with Crippen LogP contribution in [0.4, 0.5) is 11.5 Å². The van der Waals surface area contributed by atoms with Crippen LogP contribution in [0, 0.1) is 15.5 Å². The van der Waals surface area contributed by atoms with E-state index in [2.05, 4.69) is 23.7 Å². The number of nitrogens with zero attached hydrogens (tertiary/aromatic N) is 3. The van der Waals surface area contributed by atoms with E-state index < -0.39 is 4.92 Å². The molecule has 0 saturated carbocycles. The third kappa shape index (κ3) is 3.66. The van der Waals surface area contributed by atoms with Crippen molar-refractivity contribution in [3.8, 4) is 0 Å². The van der Waals surface area contributed by atoms with Gasteiger partial charge >= 0.3 is 5.82 Å². The summed E-state index contributed by atoms with van der Waals surface area (Å²) in [7, 11) is 0. The molecule has 6 nitrogen and oxygen atoms in total. The molecule has 0 atom stereocenters. The molecule has 1 heterocycles. The monoisotopic (exact) mass is 252 g/mol. The van der Waals surface area contributed by atoms with Crippen molar-refractivity contribution in [3.63, 3.8) is 0 Å². The van der Waals surface area contributed by atoms with Crippen molar-refractivity contribution in [2.24, 2.45) is 11.1 Å².